The molecule has 0 unspecified atom stereocenters. The van der Waals surface area contributed by atoms with Crippen LogP contribution in [-0.4, -0.2) is 41.7 Å². The standard InChI is InChI=1S/C21H20ClN3O6/c1-4-30-17-10-13(9-15(22)18(17)31-12(2)20(27)29-3)11-23-25-19(26)14-7-5-6-8-16(14)24-21(25)28/h5-12H,4H2,1-3H3,(H,24,28)/t12-/m0/s1. The van der Waals surface area contributed by atoms with Crippen LogP contribution in [0.15, 0.2) is 51.1 Å². The molecule has 1 atom stereocenters. The van der Waals surface area contributed by atoms with Crippen LogP contribution in [0.1, 0.15) is 19.4 Å². The highest BCUT2D eigenvalue weighted by Gasteiger charge is 2.20. The fraction of sp³-hybridized carbons (Fsp3) is 0.238. The number of aromatic nitrogens is 2. The molecule has 0 radical (unpaired) electrons. The summed E-state index contributed by atoms with van der Waals surface area (Å²) in [5.74, 6) is -0.134. The van der Waals surface area contributed by atoms with Gasteiger partial charge in [-0.3, -0.25) is 4.79 Å². The van der Waals surface area contributed by atoms with Crippen molar-refractivity contribution in [3.63, 3.8) is 0 Å². The van der Waals surface area contributed by atoms with E-state index in [-0.39, 0.29) is 16.5 Å². The predicted molar refractivity (Wildman–Crippen MR) is 117 cm³/mol. The van der Waals surface area contributed by atoms with Crippen molar-refractivity contribution in [3.05, 3.63) is 67.8 Å². The molecule has 0 aliphatic rings. The van der Waals surface area contributed by atoms with Crippen LogP contribution in [0.25, 0.3) is 10.9 Å². The van der Waals surface area contributed by atoms with E-state index in [4.69, 9.17) is 21.1 Å². The van der Waals surface area contributed by atoms with Gasteiger partial charge in [0.1, 0.15) is 0 Å². The van der Waals surface area contributed by atoms with Crippen LogP contribution in [0.5, 0.6) is 11.5 Å². The minimum atomic E-state index is -0.907. The maximum Gasteiger partial charge on any atom is 0.349 e. The van der Waals surface area contributed by atoms with E-state index in [2.05, 4.69) is 14.8 Å². The summed E-state index contributed by atoms with van der Waals surface area (Å²) < 4.78 is 16.5. The smallest absolute Gasteiger partial charge is 0.349 e. The number of benzene rings is 2. The first-order valence-corrected chi connectivity index (χ1v) is 9.72. The summed E-state index contributed by atoms with van der Waals surface area (Å²) in [7, 11) is 1.25. The van der Waals surface area contributed by atoms with Crippen LogP contribution in [0.2, 0.25) is 5.02 Å². The average molecular weight is 446 g/mol. The van der Waals surface area contributed by atoms with Crippen molar-refractivity contribution in [1.82, 2.24) is 9.66 Å². The van der Waals surface area contributed by atoms with Crippen molar-refractivity contribution in [2.75, 3.05) is 13.7 Å². The molecule has 0 aliphatic carbocycles. The second-order valence-electron chi connectivity index (χ2n) is 6.38. The molecule has 2 aromatic carbocycles. The number of methoxy groups -OCH3 is 1. The van der Waals surface area contributed by atoms with Gasteiger partial charge in [-0.15, -0.1) is 4.68 Å². The molecule has 0 amide bonds. The molecule has 31 heavy (non-hydrogen) atoms. The topological polar surface area (TPSA) is 112 Å². The Bertz CT molecular complexity index is 1260. The number of para-hydroxylation sites is 1. The Morgan fingerprint density at radius 1 is 1.29 bits per heavy atom. The first-order valence-electron chi connectivity index (χ1n) is 9.35. The molecular weight excluding hydrogens is 426 g/mol. The number of hydrogen-bond acceptors (Lipinski definition) is 7. The lowest BCUT2D eigenvalue weighted by molar-refractivity contribution is -0.147. The highest BCUT2D eigenvalue weighted by atomic mass is 35.5. The third kappa shape index (κ3) is 4.77. The van der Waals surface area contributed by atoms with E-state index < -0.39 is 23.3 Å². The number of rotatable bonds is 7. The molecule has 0 spiro atoms. The Balaban J connectivity index is 2.00. The number of fused-ring (bicyclic) bond motifs is 1. The summed E-state index contributed by atoms with van der Waals surface area (Å²) in [6.07, 6.45) is 0.392. The highest BCUT2D eigenvalue weighted by molar-refractivity contribution is 6.32. The molecule has 162 valence electrons. The van der Waals surface area contributed by atoms with Gasteiger partial charge in [0, 0.05) is 0 Å². The van der Waals surface area contributed by atoms with Crippen LogP contribution >= 0.6 is 11.6 Å². The van der Waals surface area contributed by atoms with E-state index in [0.29, 0.717) is 23.1 Å². The van der Waals surface area contributed by atoms with Gasteiger partial charge >= 0.3 is 11.7 Å². The van der Waals surface area contributed by atoms with Crippen molar-refractivity contribution in [3.8, 4) is 11.5 Å². The minimum Gasteiger partial charge on any atom is -0.490 e. The van der Waals surface area contributed by atoms with Crippen molar-refractivity contribution in [1.29, 1.82) is 0 Å². The van der Waals surface area contributed by atoms with Crippen LogP contribution in [0, 0.1) is 0 Å². The molecule has 0 saturated carbocycles. The zero-order valence-corrected chi connectivity index (χ0v) is 17.8. The van der Waals surface area contributed by atoms with Gasteiger partial charge in [0.15, 0.2) is 17.6 Å². The van der Waals surface area contributed by atoms with Gasteiger partial charge in [-0.25, -0.2) is 9.59 Å². The number of nitrogens with zero attached hydrogens (tertiary/aromatic N) is 2. The summed E-state index contributed by atoms with van der Waals surface area (Å²) in [6.45, 7) is 3.60. The van der Waals surface area contributed by atoms with Gasteiger partial charge in [0.2, 0.25) is 0 Å². The lowest BCUT2D eigenvalue weighted by Crippen LogP contribution is -2.32. The normalized spacial score (nSPS) is 12.1. The second kappa shape index (κ2) is 9.48. The van der Waals surface area contributed by atoms with Gasteiger partial charge < -0.3 is 19.2 Å². The van der Waals surface area contributed by atoms with E-state index >= 15 is 0 Å². The lowest BCUT2D eigenvalue weighted by atomic mass is 10.2. The Morgan fingerprint density at radius 3 is 2.74 bits per heavy atom. The number of carbonyl (C=O) groups excluding carboxylic acids is 1. The molecule has 3 aromatic rings. The largest absolute Gasteiger partial charge is 0.490 e. The number of H-pyrrole nitrogens is 1. The van der Waals surface area contributed by atoms with Gasteiger partial charge in [0.25, 0.3) is 5.56 Å². The molecule has 9 nitrogen and oxygen atoms in total. The number of esters is 1. The van der Waals surface area contributed by atoms with E-state index in [1.165, 1.54) is 26.3 Å². The summed E-state index contributed by atoms with van der Waals surface area (Å²) >= 11 is 6.33. The average Bonchev–Trinajstić information content (AvgIpc) is 2.75. The number of hydrogen-bond donors (Lipinski definition) is 1. The Hall–Kier alpha value is -3.59. The number of halogens is 1. The third-order valence-electron chi connectivity index (χ3n) is 4.27. The Labute approximate surface area is 181 Å². The van der Waals surface area contributed by atoms with Gasteiger partial charge in [-0.2, -0.15) is 5.10 Å². The van der Waals surface area contributed by atoms with Crippen LogP contribution in [-0.2, 0) is 9.53 Å². The quantitative estimate of drug-likeness (QED) is 0.442. The van der Waals surface area contributed by atoms with E-state index in [0.717, 1.165) is 4.68 Å². The van der Waals surface area contributed by atoms with Crippen molar-refractivity contribution in [2.45, 2.75) is 20.0 Å². The van der Waals surface area contributed by atoms with Crippen molar-refractivity contribution >= 4 is 34.7 Å². The first-order chi connectivity index (χ1) is 14.8. The van der Waals surface area contributed by atoms with Crippen LogP contribution < -0.4 is 20.7 Å². The summed E-state index contributed by atoms with van der Waals surface area (Å²) in [5.41, 5.74) is -0.362. The monoisotopic (exact) mass is 445 g/mol. The highest BCUT2D eigenvalue weighted by Crippen LogP contribution is 2.37. The van der Waals surface area contributed by atoms with E-state index in [1.54, 1.807) is 37.3 Å². The van der Waals surface area contributed by atoms with E-state index in [1.807, 2.05) is 0 Å². The van der Waals surface area contributed by atoms with E-state index in [9.17, 15) is 14.4 Å². The minimum absolute atomic E-state index is 0.155. The molecular formula is C21H20ClN3O6. The molecule has 0 aliphatic heterocycles. The summed E-state index contributed by atoms with van der Waals surface area (Å²) in [5, 5.41) is 4.49. The lowest BCUT2D eigenvalue weighted by Gasteiger charge is -2.17. The molecule has 1 aromatic heterocycles. The molecule has 1 heterocycles. The SMILES string of the molecule is CCOc1cc(C=Nn2c(=O)[nH]c3ccccc3c2=O)cc(Cl)c1O[C@@H](C)C(=O)OC. The Morgan fingerprint density at radius 2 is 2.03 bits per heavy atom. The maximum atomic E-state index is 12.6. The first kappa shape index (κ1) is 22.1. The third-order valence-corrected chi connectivity index (χ3v) is 4.55. The Kier molecular flexibility index (Phi) is 6.76. The zero-order chi connectivity index (χ0) is 22.5. The van der Waals surface area contributed by atoms with Crippen LogP contribution in [0.3, 0.4) is 0 Å². The fourth-order valence-electron chi connectivity index (χ4n) is 2.81. The van der Waals surface area contributed by atoms with Gasteiger partial charge in [-0.05, 0) is 43.7 Å². The van der Waals surface area contributed by atoms with Crippen molar-refractivity contribution in [2.24, 2.45) is 5.10 Å². The van der Waals surface area contributed by atoms with Crippen LogP contribution in [0.4, 0.5) is 0 Å². The molecule has 0 fully saturated rings. The summed E-state index contributed by atoms with van der Waals surface area (Å²) in [4.78, 5) is 39.1. The molecule has 0 saturated heterocycles. The number of carbonyl (C=O) groups is 1. The number of ether oxygens (including phenoxy) is 3. The molecule has 1 N–H and O–H groups in total. The summed E-state index contributed by atoms with van der Waals surface area (Å²) in [6, 6.07) is 9.71. The fourth-order valence-corrected chi connectivity index (χ4v) is 3.08. The van der Waals surface area contributed by atoms with Gasteiger partial charge in [0.05, 0.1) is 35.9 Å². The molecule has 0 bridgehead atoms. The number of nitrogens with one attached hydrogen (secondary N) is 1. The molecule has 3 rings (SSSR count). The number of aromatic amines is 1. The maximum absolute atomic E-state index is 12.6. The second-order valence-corrected chi connectivity index (χ2v) is 6.79. The molecule has 10 heteroatoms. The van der Waals surface area contributed by atoms with Gasteiger partial charge in [-0.1, -0.05) is 23.7 Å². The zero-order valence-electron chi connectivity index (χ0n) is 17.0. The predicted octanol–water partition coefficient (Wildman–Crippen LogP) is 2.56. The van der Waals surface area contributed by atoms with Crippen molar-refractivity contribution < 1.29 is 19.0 Å².